The molecule has 1 atom stereocenters. The van der Waals surface area contributed by atoms with Crippen LogP contribution < -0.4 is 5.73 Å². The second-order valence-electron chi connectivity index (χ2n) is 2.42. The maximum absolute atomic E-state index is 10.3. The summed E-state index contributed by atoms with van der Waals surface area (Å²) in [4.78, 5) is 14.3. The van der Waals surface area contributed by atoms with Gasteiger partial charge in [0.05, 0.1) is 5.69 Å². The van der Waals surface area contributed by atoms with Crippen molar-refractivity contribution in [1.29, 1.82) is 0 Å². The second-order valence-corrected chi connectivity index (χ2v) is 2.42. The maximum Gasteiger partial charge on any atom is 0.150 e. The number of nitrogens with two attached hydrogens (primary N) is 1. The highest BCUT2D eigenvalue weighted by atomic mass is 16.1. The first-order chi connectivity index (χ1) is 5.24. The minimum absolute atomic E-state index is 0.116. The fourth-order valence-corrected chi connectivity index (χ4v) is 0.788. The lowest BCUT2D eigenvalue weighted by atomic mass is 10.2. The highest BCUT2D eigenvalue weighted by molar-refractivity contribution is 5.74. The third kappa shape index (κ3) is 1.85. The third-order valence-corrected chi connectivity index (χ3v) is 1.41. The molecular weight excluding hydrogens is 140 g/mol. The zero-order chi connectivity index (χ0) is 8.27. The van der Waals surface area contributed by atoms with E-state index in [9.17, 15) is 4.79 Å². The van der Waals surface area contributed by atoms with Crippen LogP contribution in [0.2, 0.25) is 0 Å². The van der Waals surface area contributed by atoms with Gasteiger partial charge in [0.2, 0.25) is 0 Å². The molecule has 0 aromatic carbocycles. The van der Waals surface area contributed by atoms with Crippen molar-refractivity contribution in [3.05, 3.63) is 29.6 Å². The Bertz CT molecular complexity index is 258. The Morgan fingerprint density at radius 2 is 2.45 bits per heavy atom. The van der Waals surface area contributed by atoms with Crippen LogP contribution in [0.1, 0.15) is 29.0 Å². The Morgan fingerprint density at radius 3 is 3.00 bits per heavy atom. The minimum Gasteiger partial charge on any atom is -0.323 e. The van der Waals surface area contributed by atoms with Crippen molar-refractivity contribution in [3.8, 4) is 0 Å². The van der Waals surface area contributed by atoms with Gasteiger partial charge in [0.1, 0.15) is 6.29 Å². The smallest absolute Gasteiger partial charge is 0.150 e. The van der Waals surface area contributed by atoms with Gasteiger partial charge in [-0.2, -0.15) is 0 Å². The molecule has 0 saturated carbocycles. The monoisotopic (exact) mass is 150 g/mol. The average Bonchev–Trinajstić information content (AvgIpc) is 2.05. The zero-order valence-corrected chi connectivity index (χ0v) is 6.32. The molecule has 0 fully saturated rings. The third-order valence-electron chi connectivity index (χ3n) is 1.41. The van der Waals surface area contributed by atoms with Gasteiger partial charge in [-0.1, -0.05) is 0 Å². The van der Waals surface area contributed by atoms with Gasteiger partial charge in [0, 0.05) is 17.8 Å². The van der Waals surface area contributed by atoms with E-state index in [1.807, 2.05) is 6.92 Å². The van der Waals surface area contributed by atoms with Crippen molar-refractivity contribution in [2.24, 2.45) is 5.73 Å². The van der Waals surface area contributed by atoms with Crippen LogP contribution in [0.5, 0.6) is 0 Å². The molecular formula is C8H10N2O. The molecule has 0 aliphatic rings. The van der Waals surface area contributed by atoms with Gasteiger partial charge in [-0.05, 0) is 19.1 Å². The lowest BCUT2D eigenvalue weighted by Crippen LogP contribution is -2.07. The molecule has 1 aromatic rings. The van der Waals surface area contributed by atoms with Crippen LogP contribution in [0.15, 0.2) is 18.3 Å². The summed E-state index contributed by atoms with van der Waals surface area (Å²) < 4.78 is 0. The molecule has 11 heavy (non-hydrogen) atoms. The van der Waals surface area contributed by atoms with Crippen LogP contribution in [0.3, 0.4) is 0 Å². The molecule has 1 aromatic heterocycles. The van der Waals surface area contributed by atoms with Crippen LogP contribution in [-0.4, -0.2) is 11.3 Å². The molecule has 3 heteroatoms. The summed E-state index contributed by atoms with van der Waals surface area (Å²) in [6.45, 7) is 1.83. The van der Waals surface area contributed by atoms with E-state index in [2.05, 4.69) is 4.98 Å². The standard InChI is InChI=1S/C8H10N2O/c1-6(9)8-4-7(5-11)2-3-10-8/h2-6H,9H2,1H3/t6-/m0/s1. The highest BCUT2D eigenvalue weighted by Gasteiger charge is 2.00. The quantitative estimate of drug-likeness (QED) is 0.637. The zero-order valence-electron chi connectivity index (χ0n) is 6.32. The van der Waals surface area contributed by atoms with Crippen LogP contribution in [-0.2, 0) is 0 Å². The Kier molecular flexibility index (Phi) is 2.33. The molecule has 0 unspecified atom stereocenters. The van der Waals surface area contributed by atoms with E-state index < -0.39 is 0 Å². The molecule has 0 saturated heterocycles. The van der Waals surface area contributed by atoms with Gasteiger partial charge in [0.15, 0.2) is 0 Å². The Morgan fingerprint density at radius 1 is 1.73 bits per heavy atom. The van der Waals surface area contributed by atoms with E-state index in [-0.39, 0.29) is 6.04 Å². The number of pyridine rings is 1. The molecule has 0 bridgehead atoms. The molecule has 3 nitrogen and oxygen atoms in total. The van der Waals surface area contributed by atoms with Gasteiger partial charge in [-0.25, -0.2) is 0 Å². The molecule has 1 rings (SSSR count). The number of aldehydes is 1. The van der Waals surface area contributed by atoms with Crippen molar-refractivity contribution >= 4 is 6.29 Å². The normalized spacial score (nSPS) is 12.5. The largest absolute Gasteiger partial charge is 0.323 e. The first-order valence-electron chi connectivity index (χ1n) is 3.40. The molecule has 0 aliphatic heterocycles. The molecule has 0 spiro atoms. The van der Waals surface area contributed by atoms with Crippen LogP contribution in [0.25, 0.3) is 0 Å². The first-order valence-corrected chi connectivity index (χ1v) is 3.40. The number of carbonyl (C=O) groups is 1. The fourth-order valence-electron chi connectivity index (χ4n) is 0.788. The number of nitrogens with zero attached hydrogens (tertiary/aromatic N) is 1. The molecule has 0 amide bonds. The molecule has 1 heterocycles. The lowest BCUT2D eigenvalue weighted by molar-refractivity contribution is 0.112. The van der Waals surface area contributed by atoms with E-state index in [1.54, 1.807) is 18.3 Å². The number of hydrogen-bond acceptors (Lipinski definition) is 3. The van der Waals surface area contributed by atoms with Crippen molar-refractivity contribution in [3.63, 3.8) is 0 Å². The molecule has 58 valence electrons. The number of carbonyl (C=O) groups excluding carboxylic acids is 1. The van der Waals surface area contributed by atoms with Gasteiger partial charge in [0.25, 0.3) is 0 Å². The summed E-state index contributed by atoms with van der Waals surface area (Å²) >= 11 is 0. The molecule has 0 radical (unpaired) electrons. The van der Waals surface area contributed by atoms with E-state index >= 15 is 0 Å². The first kappa shape index (κ1) is 7.88. The summed E-state index contributed by atoms with van der Waals surface area (Å²) in [6.07, 6.45) is 2.37. The second kappa shape index (κ2) is 3.25. The highest BCUT2D eigenvalue weighted by Crippen LogP contribution is 2.06. The van der Waals surface area contributed by atoms with Crippen molar-refractivity contribution in [2.75, 3.05) is 0 Å². The summed E-state index contributed by atoms with van der Waals surface area (Å²) in [5, 5.41) is 0. The van der Waals surface area contributed by atoms with Crippen molar-refractivity contribution in [2.45, 2.75) is 13.0 Å². The topological polar surface area (TPSA) is 56.0 Å². The van der Waals surface area contributed by atoms with E-state index in [0.717, 1.165) is 12.0 Å². The maximum atomic E-state index is 10.3. The summed E-state index contributed by atoms with van der Waals surface area (Å²) in [5.74, 6) is 0. The SMILES string of the molecule is C[C@H](N)c1cc(C=O)ccn1. The lowest BCUT2D eigenvalue weighted by Gasteiger charge is -2.02. The molecule has 0 aliphatic carbocycles. The number of rotatable bonds is 2. The van der Waals surface area contributed by atoms with Gasteiger partial charge >= 0.3 is 0 Å². The predicted octanol–water partition coefficient (Wildman–Crippen LogP) is 0.914. The summed E-state index contributed by atoms with van der Waals surface area (Å²) in [5.41, 5.74) is 6.92. The average molecular weight is 150 g/mol. The van der Waals surface area contributed by atoms with Crippen LogP contribution >= 0.6 is 0 Å². The Labute approximate surface area is 65.2 Å². The van der Waals surface area contributed by atoms with E-state index in [0.29, 0.717) is 5.56 Å². The van der Waals surface area contributed by atoms with Gasteiger partial charge in [-0.3, -0.25) is 9.78 Å². The number of aromatic nitrogens is 1. The van der Waals surface area contributed by atoms with Gasteiger partial charge in [-0.15, -0.1) is 0 Å². The molecule has 2 N–H and O–H groups in total. The van der Waals surface area contributed by atoms with Crippen molar-refractivity contribution < 1.29 is 4.79 Å². The minimum atomic E-state index is -0.116. The summed E-state index contributed by atoms with van der Waals surface area (Å²) in [7, 11) is 0. The summed E-state index contributed by atoms with van der Waals surface area (Å²) in [6, 6.07) is 3.23. The Hall–Kier alpha value is -1.22. The predicted molar refractivity (Wildman–Crippen MR) is 42.2 cm³/mol. The van der Waals surface area contributed by atoms with Crippen molar-refractivity contribution in [1.82, 2.24) is 4.98 Å². The van der Waals surface area contributed by atoms with Crippen LogP contribution in [0, 0.1) is 0 Å². The number of hydrogen-bond donors (Lipinski definition) is 1. The van der Waals surface area contributed by atoms with Crippen LogP contribution in [0.4, 0.5) is 0 Å². The van der Waals surface area contributed by atoms with E-state index in [4.69, 9.17) is 5.73 Å². The fraction of sp³-hybridized carbons (Fsp3) is 0.250. The Balaban J connectivity index is 3.00. The van der Waals surface area contributed by atoms with Gasteiger partial charge < -0.3 is 5.73 Å². The van der Waals surface area contributed by atoms with E-state index in [1.165, 1.54) is 0 Å².